The van der Waals surface area contributed by atoms with Crippen LogP contribution in [0.15, 0.2) is 182 Å². The molecule has 0 bridgehead atoms. The molecule has 0 saturated carbocycles. The molecule has 3 unspecified atom stereocenters. The SMILES string of the molecule is O=C(NCCCCC(NC(=O)OCc1ccccc1)C(=O)N1CCNCCN(C(=O)C(CCCCNC(=O)OCc2ccccc2)NC(=O)OCc2ccccc2)CCN(C(=O)C(CCCCNC(=O)OCc2ccccc2)NC(=O)OCc2ccccc2)CC1)OCc1ccccc1. The molecule has 0 aliphatic carbocycles. The summed E-state index contributed by atoms with van der Waals surface area (Å²) in [6.45, 7) is 0.686. The van der Waals surface area contributed by atoms with Crippen LogP contribution in [0.1, 0.15) is 91.2 Å². The van der Waals surface area contributed by atoms with Gasteiger partial charge in [-0.05, 0) is 91.2 Å². The summed E-state index contributed by atoms with van der Waals surface area (Å²) in [6.07, 6.45) is -1.83. The summed E-state index contributed by atoms with van der Waals surface area (Å²) >= 11 is 0. The van der Waals surface area contributed by atoms with Gasteiger partial charge in [-0.3, -0.25) is 14.4 Å². The zero-order chi connectivity index (χ0) is 69.9. The Balaban J connectivity index is 1.10. The summed E-state index contributed by atoms with van der Waals surface area (Å²) in [5.41, 5.74) is 4.61. The molecule has 1 saturated heterocycles. The Morgan fingerprint density at radius 3 is 0.737 bits per heavy atom. The van der Waals surface area contributed by atoms with E-state index in [1.54, 1.807) is 48.5 Å². The minimum Gasteiger partial charge on any atom is -0.445 e. The first kappa shape index (κ1) is 75.7. The standard InChI is InChI=1S/C74H92N10O15/c85-66(63(79-72(91)97-54-60-31-13-4-14-32-60)37-19-22-40-76-69(88)94-51-57-25-7-1-8-26-57)82-45-43-75-44-46-83(67(86)64(80-73(92)98-55-61-33-15-5-16-34-61)38-20-23-41-77-70(89)95-52-58-27-9-2-10-28-58)48-50-84(49-47-82)68(87)65(81-74(93)99-56-62-35-17-6-18-36-62)39-21-24-42-78-71(90)96-53-59-29-11-3-12-30-59/h1-18,25-36,63-65,75H,19-24,37-56H2,(H,76,88)(H,77,89)(H,78,90)(H,79,91)(H,80,92)(H,81,93). The van der Waals surface area contributed by atoms with Crippen LogP contribution < -0.4 is 37.2 Å². The van der Waals surface area contributed by atoms with Gasteiger partial charge in [-0.25, -0.2) is 28.8 Å². The molecule has 7 N–H and O–H groups in total. The summed E-state index contributed by atoms with van der Waals surface area (Å²) in [5.74, 6) is -1.53. The Bertz CT molecular complexity index is 3230. The fraction of sp³-hybridized carbons (Fsp3) is 0.392. The van der Waals surface area contributed by atoms with E-state index in [9.17, 15) is 28.8 Å². The monoisotopic (exact) mass is 1360 g/mol. The fourth-order valence-corrected chi connectivity index (χ4v) is 10.5. The lowest BCUT2D eigenvalue weighted by molar-refractivity contribution is -0.139. The zero-order valence-corrected chi connectivity index (χ0v) is 55.9. The Kier molecular flexibility index (Phi) is 33.8. The first-order chi connectivity index (χ1) is 48.3. The number of hydrogen-bond acceptors (Lipinski definition) is 16. The van der Waals surface area contributed by atoms with Gasteiger partial charge in [-0.15, -0.1) is 0 Å². The summed E-state index contributed by atoms with van der Waals surface area (Å²) < 4.78 is 33.0. The number of rotatable bonds is 33. The Hall–Kier alpha value is -10.7. The van der Waals surface area contributed by atoms with Crippen LogP contribution in [0.3, 0.4) is 0 Å². The molecule has 6 aromatic rings. The number of carbonyl (C=O) groups excluding carboxylic acids is 9. The third-order valence-electron chi connectivity index (χ3n) is 15.9. The predicted molar refractivity (Wildman–Crippen MR) is 369 cm³/mol. The molecule has 3 atom stereocenters. The van der Waals surface area contributed by atoms with Gasteiger partial charge in [-0.1, -0.05) is 182 Å². The summed E-state index contributed by atoms with van der Waals surface area (Å²) in [6, 6.07) is 51.3. The third-order valence-corrected chi connectivity index (χ3v) is 15.9. The second-order valence-electron chi connectivity index (χ2n) is 23.5. The lowest BCUT2D eigenvalue weighted by Gasteiger charge is -2.35. The maximum absolute atomic E-state index is 15.5. The normalized spacial score (nSPS) is 13.4. The number of amides is 9. The van der Waals surface area contributed by atoms with Gasteiger partial charge in [0.25, 0.3) is 0 Å². The van der Waals surface area contributed by atoms with E-state index in [2.05, 4.69) is 37.2 Å². The van der Waals surface area contributed by atoms with E-state index in [1.807, 2.05) is 133 Å². The number of hydrogen-bond donors (Lipinski definition) is 7. The van der Waals surface area contributed by atoms with Crippen molar-refractivity contribution in [2.45, 2.75) is 116 Å². The van der Waals surface area contributed by atoms with Crippen LogP contribution in [-0.2, 0) is 82.4 Å². The number of unbranched alkanes of at least 4 members (excludes halogenated alkanes) is 3. The van der Waals surface area contributed by atoms with Crippen LogP contribution in [0, 0.1) is 0 Å². The predicted octanol–water partition coefficient (Wildman–Crippen LogP) is 9.25. The van der Waals surface area contributed by atoms with Crippen molar-refractivity contribution < 1.29 is 71.6 Å². The van der Waals surface area contributed by atoms with E-state index in [1.165, 1.54) is 14.7 Å². The van der Waals surface area contributed by atoms with E-state index in [0.717, 1.165) is 27.8 Å². The molecule has 0 aromatic heterocycles. The molecule has 1 aliphatic rings. The lowest BCUT2D eigenvalue weighted by atomic mass is 10.1. The van der Waals surface area contributed by atoms with Crippen molar-refractivity contribution in [3.8, 4) is 0 Å². The highest BCUT2D eigenvalue weighted by atomic mass is 16.6. The van der Waals surface area contributed by atoms with Crippen molar-refractivity contribution in [1.82, 2.24) is 51.9 Å². The molecule has 9 amide bonds. The van der Waals surface area contributed by atoms with Crippen molar-refractivity contribution >= 4 is 54.3 Å². The van der Waals surface area contributed by atoms with Gasteiger partial charge in [0.2, 0.25) is 17.7 Å². The average Bonchev–Trinajstić information content (AvgIpc) is 1.02. The van der Waals surface area contributed by atoms with Gasteiger partial charge < -0.3 is 80.3 Å². The number of carbonyl (C=O) groups is 9. The van der Waals surface area contributed by atoms with Crippen LogP contribution in [0.25, 0.3) is 0 Å². The van der Waals surface area contributed by atoms with E-state index in [0.29, 0.717) is 44.1 Å². The van der Waals surface area contributed by atoms with E-state index in [-0.39, 0.29) is 131 Å². The smallest absolute Gasteiger partial charge is 0.408 e. The van der Waals surface area contributed by atoms with E-state index < -0.39 is 72.4 Å². The molecule has 0 spiro atoms. The van der Waals surface area contributed by atoms with Gasteiger partial charge in [0.1, 0.15) is 57.8 Å². The maximum Gasteiger partial charge on any atom is 0.408 e. The average molecular weight is 1360 g/mol. The molecule has 25 nitrogen and oxygen atoms in total. The molecule has 1 fully saturated rings. The first-order valence-corrected chi connectivity index (χ1v) is 33.7. The highest BCUT2D eigenvalue weighted by molar-refractivity contribution is 5.88. The van der Waals surface area contributed by atoms with Crippen LogP contribution >= 0.6 is 0 Å². The molecule has 25 heteroatoms. The van der Waals surface area contributed by atoms with Crippen LogP contribution in [-0.4, -0.2) is 159 Å². The Labute approximate surface area is 578 Å². The molecular formula is C74H92N10O15. The Morgan fingerprint density at radius 2 is 0.505 bits per heavy atom. The van der Waals surface area contributed by atoms with Crippen molar-refractivity contribution in [2.75, 3.05) is 72.0 Å². The number of alkyl carbamates (subject to hydrolysis) is 6. The number of nitrogens with zero attached hydrogens (tertiary/aromatic N) is 3. The number of benzene rings is 6. The fourth-order valence-electron chi connectivity index (χ4n) is 10.5. The first-order valence-electron chi connectivity index (χ1n) is 33.7. The molecule has 0 radical (unpaired) electrons. The Morgan fingerprint density at radius 1 is 0.293 bits per heavy atom. The topological polar surface area (TPSA) is 303 Å². The maximum atomic E-state index is 15.5. The molecular weight excluding hydrogens is 1270 g/mol. The molecule has 1 aliphatic heterocycles. The highest BCUT2D eigenvalue weighted by Gasteiger charge is 2.33. The molecule has 528 valence electrons. The van der Waals surface area contributed by atoms with Crippen molar-refractivity contribution in [2.24, 2.45) is 0 Å². The second-order valence-corrected chi connectivity index (χ2v) is 23.5. The highest BCUT2D eigenvalue weighted by Crippen LogP contribution is 2.15. The van der Waals surface area contributed by atoms with Gasteiger partial charge in [-0.2, -0.15) is 0 Å². The van der Waals surface area contributed by atoms with Gasteiger partial charge in [0, 0.05) is 72.0 Å². The minimum atomic E-state index is -1.22. The summed E-state index contributed by atoms with van der Waals surface area (Å²) in [7, 11) is 0. The lowest BCUT2D eigenvalue weighted by Crippen LogP contribution is -2.57. The van der Waals surface area contributed by atoms with Gasteiger partial charge >= 0.3 is 36.6 Å². The van der Waals surface area contributed by atoms with E-state index >= 15 is 14.4 Å². The second kappa shape index (κ2) is 44.2. The quantitative estimate of drug-likeness (QED) is 0.0149. The molecule has 1 heterocycles. The molecule has 6 aromatic carbocycles. The van der Waals surface area contributed by atoms with Crippen LogP contribution in [0.5, 0.6) is 0 Å². The summed E-state index contributed by atoms with van der Waals surface area (Å²) in [4.78, 5) is 129. The zero-order valence-electron chi connectivity index (χ0n) is 55.9. The van der Waals surface area contributed by atoms with Crippen molar-refractivity contribution in [3.05, 3.63) is 215 Å². The largest absolute Gasteiger partial charge is 0.445 e. The van der Waals surface area contributed by atoms with E-state index in [4.69, 9.17) is 28.4 Å². The number of ether oxygens (including phenoxy) is 6. The minimum absolute atomic E-state index is 0.0637. The van der Waals surface area contributed by atoms with Crippen molar-refractivity contribution in [3.63, 3.8) is 0 Å². The van der Waals surface area contributed by atoms with Crippen LogP contribution in [0.4, 0.5) is 28.8 Å². The van der Waals surface area contributed by atoms with Crippen molar-refractivity contribution in [1.29, 1.82) is 0 Å². The van der Waals surface area contributed by atoms with Gasteiger partial charge in [0.15, 0.2) is 0 Å². The summed E-state index contributed by atoms with van der Waals surface area (Å²) in [5, 5.41) is 20.0. The van der Waals surface area contributed by atoms with Gasteiger partial charge in [0.05, 0.1) is 0 Å². The molecule has 99 heavy (non-hydrogen) atoms. The molecule has 7 rings (SSSR count). The third kappa shape index (κ3) is 30.1. The van der Waals surface area contributed by atoms with Crippen LogP contribution in [0.2, 0.25) is 0 Å². The number of nitrogens with one attached hydrogen (secondary N) is 7.